The predicted octanol–water partition coefficient (Wildman–Crippen LogP) is 4.10. The number of pyridine rings is 4. The zero-order chi connectivity index (χ0) is 23.9. The topological polar surface area (TPSA) is 103 Å². The summed E-state index contributed by atoms with van der Waals surface area (Å²) in [5.74, 6) is 0.488. The van der Waals surface area contributed by atoms with Gasteiger partial charge in [0.2, 0.25) is 5.69 Å². The van der Waals surface area contributed by atoms with E-state index in [0.29, 0.717) is 51.1 Å². The normalized spacial score (nSPS) is 10.3. The van der Waals surface area contributed by atoms with Gasteiger partial charge in [0.1, 0.15) is 5.69 Å². The van der Waals surface area contributed by atoms with E-state index in [0.717, 1.165) is 0 Å². The number of nitrogens with zero attached hydrogens (tertiary/aromatic N) is 5. The van der Waals surface area contributed by atoms with Gasteiger partial charge in [0.25, 0.3) is 11.8 Å². The van der Waals surface area contributed by atoms with Gasteiger partial charge in [-0.1, -0.05) is 6.07 Å². The van der Waals surface area contributed by atoms with E-state index in [1.807, 2.05) is 6.07 Å². The molecule has 168 valence electrons. The first kappa shape index (κ1) is 22.4. The molecule has 0 saturated carbocycles. The number of ether oxygens (including phenoxy) is 2. The largest absolute Gasteiger partial charge is 0.491 e. The maximum Gasteiger partial charge on any atom is 0.257 e. The highest BCUT2D eigenvalue weighted by Crippen LogP contribution is 2.28. The van der Waals surface area contributed by atoms with Crippen LogP contribution in [0.3, 0.4) is 0 Å². The van der Waals surface area contributed by atoms with E-state index in [1.54, 1.807) is 55.0 Å². The number of carbonyl (C=O) groups is 1. The van der Waals surface area contributed by atoms with E-state index >= 15 is 0 Å². The molecular formula is C25H20N6O3. The highest BCUT2D eigenvalue weighted by Gasteiger charge is 2.18. The van der Waals surface area contributed by atoms with Crippen LogP contribution in [0.1, 0.15) is 16.1 Å². The van der Waals surface area contributed by atoms with Crippen LogP contribution in [0.15, 0.2) is 67.3 Å². The van der Waals surface area contributed by atoms with E-state index in [1.165, 1.54) is 20.4 Å². The monoisotopic (exact) mass is 452 g/mol. The lowest BCUT2D eigenvalue weighted by Gasteiger charge is -2.12. The van der Waals surface area contributed by atoms with Crippen LogP contribution in [0.25, 0.3) is 27.4 Å². The number of aromatic nitrogens is 4. The Balaban J connectivity index is 1.67. The second-order valence-electron chi connectivity index (χ2n) is 7.08. The first-order valence-corrected chi connectivity index (χ1v) is 10.2. The average molecular weight is 452 g/mol. The molecule has 0 aliphatic rings. The summed E-state index contributed by atoms with van der Waals surface area (Å²) < 4.78 is 10.4. The van der Waals surface area contributed by atoms with Crippen LogP contribution in [0.5, 0.6) is 11.6 Å². The van der Waals surface area contributed by atoms with Gasteiger partial charge in [-0.15, -0.1) is 0 Å². The molecule has 4 rings (SSSR count). The number of amides is 1. The van der Waals surface area contributed by atoms with Gasteiger partial charge in [-0.3, -0.25) is 19.7 Å². The second kappa shape index (κ2) is 10.2. The van der Waals surface area contributed by atoms with Gasteiger partial charge in [0, 0.05) is 30.4 Å². The Kier molecular flexibility index (Phi) is 6.70. The van der Waals surface area contributed by atoms with Gasteiger partial charge in [-0.2, -0.15) is 0 Å². The SMILES string of the molecule is [C-]#[N+]c1cncc(-c2cnc(-c3ccccn3)c(C(=O)NCc3ccc(OC)c(OC)n3)c2)c1. The van der Waals surface area contributed by atoms with E-state index in [2.05, 4.69) is 30.1 Å². The van der Waals surface area contributed by atoms with Crippen LogP contribution >= 0.6 is 0 Å². The van der Waals surface area contributed by atoms with Gasteiger partial charge >= 0.3 is 0 Å². The van der Waals surface area contributed by atoms with Gasteiger partial charge in [-0.25, -0.2) is 9.83 Å². The van der Waals surface area contributed by atoms with Crippen molar-refractivity contribution in [3.63, 3.8) is 0 Å². The fourth-order valence-electron chi connectivity index (χ4n) is 3.28. The summed E-state index contributed by atoms with van der Waals surface area (Å²) in [6.45, 7) is 7.39. The lowest BCUT2D eigenvalue weighted by atomic mass is 10.0. The van der Waals surface area contributed by atoms with E-state index < -0.39 is 0 Å². The molecule has 1 amide bonds. The predicted molar refractivity (Wildman–Crippen MR) is 125 cm³/mol. The molecule has 0 radical (unpaired) electrons. The molecule has 4 aromatic heterocycles. The molecule has 0 aliphatic heterocycles. The van der Waals surface area contributed by atoms with Crippen LogP contribution < -0.4 is 14.8 Å². The quantitative estimate of drug-likeness (QED) is 0.421. The van der Waals surface area contributed by atoms with E-state index in [4.69, 9.17) is 16.0 Å². The number of nitrogens with one attached hydrogen (secondary N) is 1. The molecule has 0 saturated heterocycles. The summed E-state index contributed by atoms with van der Waals surface area (Å²) in [5.41, 5.74) is 3.69. The number of hydrogen-bond acceptors (Lipinski definition) is 7. The fraction of sp³-hybridized carbons (Fsp3) is 0.120. The number of carbonyl (C=O) groups excluding carboxylic acids is 1. The van der Waals surface area contributed by atoms with Crippen molar-refractivity contribution in [3.8, 4) is 34.1 Å². The Morgan fingerprint density at radius 2 is 1.88 bits per heavy atom. The molecule has 9 nitrogen and oxygen atoms in total. The van der Waals surface area contributed by atoms with Crippen LogP contribution in [0, 0.1) is 6.57 Å². The van der Waals surface area contributed by atoms with Gasteiger partial charge < -0.3 is 14.8 Å². The van der Waals surface area contributed by atoms with E-state index in [9.17, 15) is 4.79 Å². The average Bonchev–Trinajstić information content (AvgIpc) is 2.91. The minimum atomic E-state index is -0.346. The van der Waals surface area contributed by atoms with Gasteiger partial charge in [-0.05, 0) is 42.0 Å². The molecule has 1 N–H and O–H groups in total. The zero-order valence-corrected chi connectivity index (χ0v) is 18.5. The summed E-state index contributed by atoms with van der Waals surface area (Å²) in [4.78, 5) is 34.0. The third-order valence-corrected chi connectivity index (χ3v) is 4.95. The Bertz CT molecular complexity index is 1370. The summed E-state index contributed by atoms with van der Waals surface area (Å²) in [6, 6.07) is 12.3. The number of methoxy groups -OCH3 is 2. The van der Waals surface area contributed by atoms with Gasteiger partial charge in [0.05, 0.1) is 44.3 Å². The van der Waals surface area contributed by atoms with Crippen molar-refractivity contribution in [2.75, 3.05) is 14.2 Å². The molecule has 34 heavy (non-hydrogen) atoms. The van der Waals surface area contributed by atoms with Crippen LogP contribution in [0.2, 0.25) is 0 Å². The maximum absolute atomic E-state index is 13.3. The fourth-order valence-corrected chi connectivity index (χ4v) is 3.28. The maximum atomic E-state index is 13.3. The van der Waals surface area contributed by atoms with Crippen molar-refractivity contribution in [2.24, 2.45) is 0 Å². The molecule has 4 aromatic rings. The minimum absolute atomic E-state index is 0.167. The summed E-state index contributed by atoms with van der Waals surface area (Å²) in [6.07, 6.45) is 6.39. The van der Waals surface area contributed by atoms with Crippen molar-refractivity contribution >= 4 is 11.6 Å². The van der Waals surface area contributed by atoms with Crippen molar-refractivity contribution in [3.05, 3.63) is 89.9 Å². The molecule has 0 aliphatic carbocycles. The molecule has 0 unspecified atom stereocenters. The highest BCUT2D eigenvalue weighted by molar-refractivity contribution is 6.00. The lowest BCUT2D eigenvalue weighted by molar-refractivity contribution is 0.0950. The summed E-state index contributed by atoms with van der Waals surface area (Å²) >= 11 is 0. The minimum Gasteiger partial charge on any atom is -0.491 e. The van der Waals surface area contributed by atoms with Crippen LogP contribution in [0.4, 0.5) is 5.69 Å². The second-order valence-corrected chi connectivity index (χ2v) is 7.08. The molecule has 0 spiro atoms. The summed E-state index contributed by atoms with van der Waals surface area (Å²) in [5, 5.41) is 2.89. The van der Waals surface area contributed by atoms with Crippen molar-refractivity contribution in [1.82, 2.24) is 25.3 Å². The third kappa shape index (κ3) is 4.81. The van der Waals surface area contributed by atoms with Crippen molar-refractivity contribution in [2.45, 2.75) is 6.54 Å². The van der Waals surface area contributed by atoms with E-state index in [-0.39, 0.29) is 12.5 Å². The first-order chi connectivity index (χ1) is 16.6. The number of hydrogen-bond donors (Lipinski definition) is 1. The smallest absolute Gasteiger partial charge is 0.257 e. The molecule has 0 atom stereocenters. The molecule has 9 heteroatoms. The Morgan fingerprint density at radius 1 is 1.03 bits per heavy atom. The lowest BCUT2D eigenvalue weighted by Crippen LogP contribution is -2.24. The molecule has 0 aromatic carbocycles. The van der Waals surface area contributed by atoms with Crippen molar-refractivity contribution in [1.29, 1.82) is 0 Å². The third-order valence-electron chi connectivity index (χ3n) is 4.95. The Morgan fingerprint density at radius 3 is 2.62 bits per heavy atom. The van der Waals surface area contributed by atoms with Gasteiger partial charge in [0.15, 0.2) is 5.75 Å². The first-order valence-electron chi connectivity index (χ1n) is 10.2. The Labute approximate surface area is 196 Å². The highest BCUT2D eigenvalue weighted by atomic mass is 16.5. The molecule has 0 fully saturated rings. The zero-order valence-electron chi connectivity index (χ0n) is 18.5. The summed E-state index contributed by atoms with van der Waals surface area (Å²) in [7, 11) is 3.03. The van der Waals surface area contributed by atoms with Crippen molar-refractivity contribution < 1.29 is 14.3 Å². The van der Waals surface area contributed by atoms with Crippen LogP contribution in [-0.4, -0.2) is 40.1 Å². The molecular weight excluding hydrogens is 432 g/mol. The number of rotatable bonds is 7. The van der Waals surface area contributed by atoms with Crippen LogP contribution in [-0.2, 0) is 6.54 Å². The molecule has 0 bridgehead atoms. The molecule has 4 heterocycles. The Hall–Kier alpha value is -4.84. The standard InChI is InChI=1S/C25H20N6O3/c1-26-19-10-16(12-27-14-19)17-11-20(23(29-13-17)21-6-4-5-9-28-21)24(32)30-15-18-7-8-22(33-2)25(31-18)34-3/h4-14H,15H2,2-3H3,(H,30,32).